The van der Waals surface area contributed by atoms with Gasteiger partial charge in [0.1, 0.15) is 12.7 Å². The molecule has 0 saturated carbocycles. The summed E-state index contributed by atoms with van der Waals surface area (Å²) in [5, 5.41) is 0.806. The predicted octanol–water partition coefficient (Wildman–Crippen LogP) is 2.20. The van der Waals surface area contributed by atoms with Crippen molar-refractivity contribution in [3.63, 3.8) is 0 Å². The van der Waals surface area contributed by atoms with Crippen molar-refractivity contribution in [2.45, 2.75) is 18.8 Å². The van der Waals surface area contributed by atoms with Crippen LogP contribution in [0.2, 0.25) is 0 Å². The van der Waals surface area contributed by atoms with Crippen molar-refractivity contribution in [2.75, 3.05) is 19.7 Å². The van der Waals surface area contributed by atoms with Gasteiger partial charge in [0.2, 0.25) is 5.88 Å². The van der Waals surface area contributed by atoms with Crippen LogP contribution in [-0.2, 0) is 4.79 Å². The summed E-state index contributed by atoms with van der Waals surface area (Å²) in [4.78, 5) is 31.1. The number of aromatic nitrogens is 4. The molecular weight excluding hydrogens is 330 g/mol. The molecule has 1 atom stereocenters. The third-order valence-electron chi connectivity index (χ3n) is 4.64. The number of hydrogen-bond donors (Lipinski definition) is 0. The quantitative estimate of drug-likeness (QED) is 0.718. The van der Waals surface area contributed by atoms with Crippen molar-refractivity contribution < 1.29 is 9.53 Å². The molecule has 3 aromatic rings. The van der Waals surface area contributed by atoms with Crippen LogP contribution in [0.4, 0.5) is 0 Å². The van der Waals surface area contributed by atoms with Crippen molar-refractivity contribution in [2.24, 2.45) is 0 Å². The Hall–Kier alpha value is -3.09. The fourth-order valence-corrected chi connectivity index (χ4v) is 3.30. The molecule has 1 aliphatic heterocycles. The molecule has 1 saturated heterocycles. The number of para-hydroxylation sites is 1. The molecule has 0 spiro atoms. The molecule has 0 aliphatic carbocycles. The number of likely N-dealkylation sites (tertiary alicyclic amines) is 1. The summed E-state index contributed by atoms with van der Waals surface area (Å²) in [6.45, 7) is 1.37. The number of hydrogen-bond acceptors (Lipinski definition) is 6. The number of ether oxygens (including phenoxy) is 1. The van der Waals surface area contributed by atoms with E-state index in [1.165, 1.54) is 6.33 Å². The van der Waals surface area contributed by atoms with Gasteiger partial charge in [0, 0.05) is 30.9 Å². The molecule has 0 radical (unpaired) electrons. The summed E-state index contributed by atoms with van der Waals surface area (Å²) < 4.78 is 5.71. The normalized spacial score (nSPS) is 17.2. The zero-order chi connectivity index (χ0) is 17.8. The van der Waals surface area contributed by atoms with Crippen LogP contribution >= 0.6 is 0 Å². The molecule has 0 bridgehead atoms. The smallest absolute Gasteiger partial charge is 0.260 e. The van der Waals surface area contributed by atoms with Crippen LogP contribution in [0.5, 0.6) is 5.88 Å². The summed E-state index contributed by atoms with van der Waals surface area (Å²) in [5.41, 5.74) is 1.78. The minimum atomic E-state index is -0.0357. The first kappa shape index (κ1) is 16.4. The van der Waals surface area contributed by atoms with Gasteiger partial charge in [0.25, 0.3) is 5.91 Å². The molecule has 4 rings (SSSR count). The molecule has 7 heteroatoms. The minimum absolute atomic E-state index is 0.0303. The van der Waals surface area contributed by atoms with Gasteiger partial charge in [-0.2, -0.15) is 0 Å². The lowest BCUT2D eigenvalue weighted by atomic mass is 9.94. The van der Waals surface area contributed by atoms with Crippen LogP contribution in [0.25, 0.3) is 10.9 Å². The summed E-state index contributed by atoms with van der Waals surface area (Å²) in [7, 11) is 0. The Labute approximate surface area is 151 Å². The number of nitrogens with zero attached hydrogens (tertiary/aromatic N) is 5. The molecule has 7 nitrogen and oxygen atoms in total. The molecule has 1 amide bonds. The van der Waals surface area contributed by atoms with Crippen LogP contribution in [-0.4, -0.2) is 50.4 Å². The highest BCUT2D eigenvalue weighted by Crippen LogP contribution is 2.25. The average molecular weight is 349 g/mol. The van der Waals surface area contributed by atoms with Gasteiger partial charge in [0.05, 0.1) is 10.9 Å². The number of piperidine rings is 1. The largest absolute Gasteiger partial charge is 0.467 e. The Kier molecular flexibility index (Phi) is 4.68. The molecule has 26 heavy (non-hydrogen) atoms. The van der Waals surface area contributed by atoms with E-state index in [-0.39, 0.29) is 18.4 Å². The second kappa shape index (κ2) is 7.43. The molecule has 1 aromatic carbocycles. The standard InChI is InChI=1S/C19H19N5O2/c25-18(11-26-19-15-5-1-2-6-17(15)22-13-23-19)24-9-3-4-14(10-24)16-7-8-20-12-21-16/h1-2,5-8,12-14H,3-4,9-11H2. The lowest BCUT2D eigenvalue weighted by molar-refractivity contribution is -0.134. The highest BCUT2D eigenvalue weighted by Gasteiger charge is 2.25. The number of rotatable bonds is 4. The third-order valence-corrected chi connectivity index (χ3v) is 4.64. The number of benzene rings is 1. The maximum absolute atomic E-state index is 12.6. The zero-order valence-electron chi connectivity index (χ0n) is 14.3. The summed E-state index contributed by atoms with van der Waals surface area (Å²) in [5.74, 6) is 0.648. The molecule has 1 fully saturated rings. The minimum Gasteiger partial charge on any atom is -0.467 e. The third kappa shape index (κ3) is 3.46. The van der Waals surface area contributed by atoms with E-state index in [1.807, 2.05) is 35.2 Å². The van der Waals surface area contributed by atoms with Crippen molar-refractivity contribution in [3.8, 4) is 5.88 Å². The Bertz CT molecular complexity index is 897. The lowest BCUT2D eigenvalue weighted by Crippen LogP contribution is -2.41. The lowest BCUT2D eigenvalue weighted by Gasteiger charge is -2.32. The summed E-state index contributed by atoms with van der Waals surface area (Å²) in [6, 6.07) is 9.51. The van der Waals surface area contributed by atoms with Gasteiger partial charge in [-0.25, -0.2) is 19.9 Å². The van der Waals surface area contributed by atoms with Gasteiger partial charge in [0.15, 0.2) is 6.61 Å². The van der Waals surface area contributed by atoms with E-state index >= 15 is 0 Å². The molecule has 2 aromatic heterocycles. The maximum atomic E-state index is 12.6. The van der Waals surface area contributed by atoms with E-state index < -0.39 is 0 Å². The van der Waals surface area contributed by atoms with Crippen molar-refractivity contribution in [1.82, 2.24) is 24.8 Å². The Morgan fingerprint density at radius 3 is 2.96 bits per heavy atom. The topological polar surface area (TPSA) is 81.1 Å². The van der Waals surface area contributed by atoms with E-state index in [9.17, 15) is 4.79 Å². The molecule has 1 aliphatic rings. The van der Waals surface area contributed by atoms with Crippen LogP contribution in [0.3, 0.4) is 0 Å². The monoisotopic (exact) mass is 349 g/mol. The first-order chi connectivity index (χ1) is 12.8. The van der Waals surface area contributed by atoms with Crippen LogP contribution < -0.4 is 4.74 Å². The zero-order valence-corrected chi connectivity index (χ0v) is 14.3. The van der Waals surface area contributed by atoms with E-state index in [4.69, 9.17) is 4.74 Å². The first-order valence-electron chi connectivity index (χ1n) is 8.67. The van der Waals surface area contributed by atoms with Gasteiger partial charge >= 0.3 is 0 Å². The molecule has 3 heterocycles. The van der Waals surface area contributed by atoms with Crippen molar-refractivity contribution in [1.29, 1.82) is 0 Å². The van der Waals surface area contributed by atoms with Crippen molar-refractivity contribution in [3.05, 3.63) is 54.9 Å². The average Bonchev–Trinajstić information content (AvgIpc) is 2.72. The van der Waals surface area contributed by atoms with Gasteiger partial charge in [-0.15, -0.1) is 0 Å². The fraction of sp³-hybridized carbons (Fsp3) is 0.316. The maximum Gasteiger partial charge on any atom is 0.260 e. The SMILES string of the molecule is O=C(COc1ncnc2ccccc12)N1CCCC(c2ccncn2)C1. The summed E-state index contributed by atoms with van der Waals surface area (Å²) in [6.07, 6.45) is 6.73. The molecule has 0 N–H and O–H groups in total. The van der Waals surface area contributed by atoms with E-state index in [1.54, 1.807) is 12.5 Å². The van der Waals surface area contributed by atoms with E-state index in [0.717, 1.165) is 36.0 Å². The second-order valence-corrected chi connectivity index (χ2v) is 6.30. The predicted molar refractivity (Wildman–Crippen MR) is 95.6 cm³/mol. The van der Waals surface area contributed by atoms with Gasteiger partial charge < -0.3 is 9.64 Å². The van der Waals surface area contributed by atoms with Crippen LogP contribution in [0.1, 0.15) is 24.5 Å². The van der Waals surface area contributed by atoms with Crippen molar-refractivity contribution >= 4 is 16.8 Å². The number of carbonyl (C=O) groups is 1. The second-order valence-electron chi connectivity index (χ2n) is 6.30. The van der Waals surface area contributed by atoms with Gasteiger partial charge in [-0.1, -0.05) is 12.1 Å². The Balaban J connectivity index is 1.41. The fourth-order valence-electron chi connectivity index (χ4n) is 3.30. The Morgan fingerprint density at radius 1 is 1.15 bits per heavy atom. The molecular formula is C19H19N5O2. The van der Waals surface area contributed by atoms with E-state index in [0.29, 0.717) is 12.4 Å². The van der Waals surface area contributed by atoms with Gasteiger partial charge in [-0.3, -0.25) is 4.79 Å². The van der Waals surface area contributed by atoms with E-state index in [2.05, 4.69) is 19.9 Å². The number of amides is 1. The number of carbonyl (C=O) groups excluding carboxylic acids is 1. The molecule has 132 valence electrons. The summed E-state index contributed by atoms with van der Waals surface area (Å²) >= 11 is 0. The highest BCUT2D eigenvalue weighted by atomic mass is 16.5. The highest BCUT2D eigenvalue weighted by molar-refractivity contribution is 5.84. The van der Waals surface area contributed by atoms with Crippen LogP contribution in [0, 0.1) is 0 Å². The molecule has 1 unspecified atom stereocenters. The van der Waals surface area contributed by atoms with Crippen LogP contribution in [0.15, 0.2) is 49.2 Å². The van der Waals surface area contributed by atoms with Gasteiger partial charge in [-0.05, 0) is 31.0 Å². The first-order valence-corrected chi connectivity index (χ1v) is 8.67. The Morgan fingerprint density at radius 2 is 2.08 bits per heavy atom. The number of fused-ring (bicyclic) bond motifs is 1.